The Kier molecular flexibility index (Phi) is 2.58. The largest absolute Gasteiger partial charge is 0.488 e. The zero-order valence-electron chi connectivity index (χ0n) is 8.74. The average Bonchev–Trinajstić information content (AvgIpc) is 2.23. The van der Waals surface area contributed by atoms with E-state index in [-0.39, 0.29) is 0 Å². The highest BCUT2D eigenvalue weighted by Crippen LogP contribution is 2.24. The van der Waals surface area contributed by atoms with Gasteiger partial charge in [0.1, 0.15) is 11.9 Å². The lowest BCUT2D eigenvalue weighted by Gasteiger charge is -2.27. The van der Waals surface area contributed by atoms with Gasteiger partial charge in [-0.2, -0.15) is 0 Å². The number of nitrogens with one attached hydrogen (secondary N) is 1. The Labute approximate surface area is 103 Å². The van der Waals surface area contributed by atoms with Crippen molar-refractivity contribution in [1.82, 2.24) is 5.32 Å². The summed E-state index contributed by atoms with van der Waals surface area (Å²) >= 11 is 3.47. The molecular formula is C13H12BrNO. The number of benzene rings is 2. The molecule has 0 radical (unpaired) electrons. The molecule has 1 aliphatic rings. The van der Waals surface area contributed by atoms with Crippen LogP contribution in [0.4, 0.5) is 0 Å². The Morgan fingerprint density at radius 1 is 1.06 bits per heavy atom. The van der Waals surface area contributed by atoms with Crippen molar-refractivity contribution in [3.8, 4) is 5.75 Å². The molecule has 0 atom stereocenters. The smallest absolute Gasteiger partial charge is 0.123 e. The molecule has 2 aromatic carbocycles. The molecule has 3 heteroatoms. The average molecular weight is 278 g/mol. The summed E-state index contributed by atoms with van der Waals surface area (Å²) in [6, 6.07) is 12.5. The molecule has 1 aliphatic heterocycles. The molecule has 82 valence electrons. The number of hydrogen-bond donors (Lipinski definition) is 1. The number of ether oxygens (including phenoxy) is 1. The first-order valence-electron chi connectivity index (χ1n) is 5.38. The topological polar surface area (TPSA) is 21.3 Å². The van der Waals surface area contributed by atoms with Crippen molar-refractivity contribution in [3.05, 3.63) is 40.9 Å². The van der Waals surface area contributed by atoms with Gasteiger partial charge in [0, 0.05) is 17.6 Å². The highest BCUT2D eigenvalue weighted by atomic mass is 79.9. The zero-order valence-corrected chi connectivity index (χ0v) is 10.3. The molecule has 0 saturated carbocycles. The van der Waals surface area contributed by atoms with Crippen LogP contribution in [0.25, 0.3) is 10.8 Å². The fraction of sp³-hybridized carbons (Fsp3) is 0.231. The summed E-state index contributed by atoms with van der Waals surface area (Å²) in [5, 5.41) is 5.64. The summed E-state index contributed by atoms with van der Waals surface area (Å²) in [5.74, 6) is 0.960. The summed E-state index contributed by atoms with van der Waals surface area (Å²) < 4.78 is 6.92. The number of halogens is 1. The molecule has 3 rings (SSSR count). The Hall–Kier alpha value is -1.06. The van der Waals surface area contributed by atoms with E-state index in [4.69, 9.17) is 4.74 Å². The van der Waals surface area contributed by atoms with Gasteiger partial charge < -0.3 is 10.1 Å². The molecule has 0 unspecified atom stereocenters. The number of rotatable bonds is 2. The highest BCUT2D eigenvalue weighted by molar-refractivity contribution is 9.10. The summed E-state index contributed by atoms with van der Waals surface area (Å²) in [6.07, 6.45) is 0.341. The van der Waals surface area contributed by atoms with Gasteiger partial charge in [0.15, 0.2) is 0 Å². The molecule has 1 heterocycles. The molecule has 16 heavy (non-hydrogen) atoms. The second kappa shape index (κ2) is 4.07. The van der Waals surface area contributed by atoms with Crippen molar-refractivity contribution >= 4 is 26.7 Å². The van der Waals surface area contributed by atoms with Crippen LogP contribution >= 0.6 is 15.9 Å². The van der Waals surface area contributed by atoms with Gasteiger partial charge in [0.25, 0.3) is 0 Å². The molecule has 0 spiro atoms. The molecule has 0 aromatic heterocycles. The predicted molar refractivity (Wildman–Crippen MR) is 68.9 cm³/mol. The van der Waals surface area contributed by atoms with E-state index in [9.17, 15) is 0 Å². The van der Waals surface area contributed by atoms with Gasteiger partial charge >= 0.3 is 0 Å². The Balaban J connectivity index is 1.92. The van der Waals surface area contributed by atoms with Gasteiger partial charge in [-0.1, -0.05) is 28.1 Å². The van der Waals surface area contributed by atoms with Gasteiger partial charge in [-0.15, -0.1) is 0 Å². The first-order valence-corrected chi connectivity index (χ1v) is 6.17. The van der Waals surface area contributed by atoms with Crippen molar-refractivity contribution in [2.75, 3.05) is 13.1 Å². The van der Waals surface area contributed by atoms with Crippen molar-refractivity contribution < 1.29 is 4.74 Å². The summed E-state index contributed by atoms with van der Waals surface area (Å²) in [4.78, 5) is 0. The molecule has 0 amide bonds. The van der Waals surface area contributed by atoms with Crippen LogP contribution in [0.2, 0.25) is 0 Å². The summed E-state index contributed by atoms with van der Waals surface area (Å²) in [5.41, 5.74) is 0. The number of hydrogen-bond acceptors (Lipinski definition) is 2. The molecule has 2 nitrogen and oxygen atoms in total. The molecule has 1 N–H and O–H groups in total. The Morgan fingerprint density at radius 3 is 2.56 bits per heavy atom. The Morgan fingerprint density at radius 2 is 1.81 bits per heavy atom. The van der Waals surface area contributed by atoms with Crippen LogP contribution in [0.1, 0.15) is 0 Å². The Bertz CT molecular complexity index is 522. The molecular weight excluding hydrogens is 266 g/mol. The normalized spacial score (nSPS) is 16.1. The van der Waals surface area contributed by atoms with Crippen LogP contribution in [-0.2, 0) is 0 Å². The van der Waals surface area contributed by atoms with Crippen LogP contribution in [0.15, 0.2) is 40.9 Å². The lowest BCUT2D eigenvalue weighted by Crippen LogP contribution is -2.50. The van der Waals surface area contributed by atoms with Crippen LogP contribution in [0, 0.1) is 0 Å². The summed E-state index contributed by atoms with van der Waals surface area (Å²) in [6.45, 7) is 1.91. The second-order valence-corrected chi connectivity index (χ2v) is 4.97. The molecule has 1 saturated heterocycles. The van der Waals surface area contributed by atoms with Gasteiger partial charge in [0.2, 0.25) is 0 Å². The third kappa shape index (κ3) is 1.93. The van der Waals surface area contributed by atoms with E-state index in [1.54, 1.807) is 0 Å². The highest BCUT2D eigenvalue weighted by Gasteiger charge is 2.18. The quantitative estimate of drug-likeness (QED) is 0.912. The van der Waals surface area contributed by atoms with E-state index < -0.39 is 0 Å². The van der Waals surface area contributed by atoms with Crippen molar-refractivity contribution in [3.63, 3.8) is 0 Å². The van der Waals surface area contributed by atoms with Crippen LogP contribution < -0.4 is 10.1 Å². The minimum atomic E-state index is 0.341. The minimum absolute atomic E-state index is 0.341. The van der Waals surface area contributed by atoms with Gasteiger partial charge in [-0.05, 0) is 35.0 Å². The van der Waals surface area contributed by atoms with E-state index in [0.717, 1.165) is 23.3 Å². The fourth-order valence-corrected chi connectivity index (χ4v) is 2.18. The zero-order chi connectivity index (χ0) is 11.0. The molecule has 2 aromatic rings. The fourth-order valence-electron chi connectivity index (χ4n) is 1.81. The predicted octanol–water partition coefficient (Wildman–Crippen LogP) is 2.95. The maximum absolute atomic E-state index is 5.81. The number of fused-ring (bicyclic) bond motifs is 1. The lowest BCUT2D eigenvalue weighted by molar-refractivity contribution is 0.142. The lowest BCUT2D eigenvalue weighted by atomic mass is 10.1. The summed E-state index contributed by atoms with van der Waals surface area (Å²) in [7, 11) is 0. The van der Waals surface area contributed by atoms with Crippen LogP contribution in [0.5, 0.6) is 5.75 Å². The van der Waals surface area contributed by atoms with Crippen molar-refractivity contribution in [1.29, 1.82) is 0 Å². The third-order valence-electron chi connectivity index (χ3n) is 2.82. The molecule has 0 aliphatic carbocycles. The monoisotopic (exact) mass is 277 g/mol. The van der Waals surface area contributed by atoms with E-state index in [0.29, 0.717) is 6.10 Å². The molecule has 0 bridgehead atoms. The maximum Gasteiger partial charge on any atom is 0.123 e. The van der Waals surface area contributed by atoms with Crippen LogP contribution in [-0.4, -0.2) is 19.2 Å². The van der Waals surface area contributed by atoms with Crippen molar-refractivity contribution in [2.24, 2.45) is 0 Å². The maximum atomic E-state index is 5.81. The van der Waals surface area contributed by atoms with Crippen molar-refractivity contribution in [2.45, 2.75) is 6.10 Å². The van der Waals surface area contributed by atoms with Crippen LogP contribution in [0.3, 0.4) is 0 Å². The van der Waals surface area contributed by atoms with Gasteiger partial charge in [-0.25, -0.2) is 0 Å². The van der Waals surface area contributed by atoms with E-state index in [1.165, 1.54) is 10.8 Å². The first kappa shape index (κ1) is 10.1. The standard InChI is InChI=1S/C13H12BrNO/c14-11-3-1-10-6-12(4-2-9(10)5-11)16-13-7-15-8-13/h1-6,13,15H,7-8H2. The van der Waals surface area contributed by atoms with E-state index >= 15 is 0 Å². The first-order chi connectivity index (χ1) is 7.81. The molecule has 1 fully saturated rings. The van der Waals surface area contributed by atoms with Gasteiger partial charge in [0.05, 0.1) is 0 Å². The van der Waals surface area contributed by atoms with E-state index in [2.05, 4.69) is 51.6 Å². The minimum Gasteiger partial charge on any atom is -0.488 e. The SMILES string of the molecule is Brc1ccc2cc(OC3CNC3)ccc2c1. The van der Waals surface area contributed by atoms with E-state index in [1.807, 2.05) is 6.07 Å². The van der Waals surface area contributed by atoms with Gasteiger partial charge in [-0.3, -0.25) is 0 Å². The second-order valence-electron chi connectivity index (χ2n) is 4.05. The third-order valence-corrected chi connectivity index (χ3v) is 3.31.